The number of nitrogens with zero attached hydrogens (tertiary/aromatic N) is 1. The molecule has 1 aliphatic heterocycles. The van der Waals surface area contributed by atoms with E-state index in [0.29, 0.717) is 5.92 Å². The average molecular weight is 189 g/mol. The van der Waals surface area contributed by atoms with Gasteiger partial charge in [0.15, 0.2) is 0 Å². The molecule has 14 heavy (non-hydrogen) atoms. The zero-order valence-corrected chi connectivity index (χ0v) is 9.38. The van der Waals surface area contributed by atoms with E-state index < -0.39 is 0 Å². The van der Waals surface area contributed by atoms with Crippen LogP contribution in [-0.2, 0) is 0 Å². The highest BCUT2D eigenvalue weighted by molar-refractivity contribution is 5.31. The Bertz CT molecular complexity index is 326. The smallest absolute Gasteiger partial charge is 0.0110 e. The van der Waals surface area contributed by atoms with Crippen LogP contribution < -0.4 is 0 Å². The molecule has 1 aliphatic rings. The summed E-state index contributed by atoms with van der Waals surface area (Å²) in [6, 6.07) is 6.85. The van der Waals surface area contributed by atoms with Crippen molar-refractivity contribution < 1.29 is 0 Å². The second kappa shape index (κ2) is 3.74. The number of rotatable bonds is 3. The monoisotopic (exact) mass is 189 g/mol. The molecule has 1 heteroatoms. The Labute approximate surface area is 86.7 Å². The first-order chi connectivity index (χ1) is 6.66. The summed E-state index contributed by atoms with van der Waals surface area (Å²) in [6.45, 7) is 10.5. The van der Waals surface area contributed by atoms with Gasteiger partial charge >= 0.3 is 0 Å². The zero-order valence-electron chi connectivity index (χ0n) is 9.38. The Morgan fingerprint density at radius 2 is 1.93 bits per heavy atom. The highest BCUT2D eigenvalue weighted by Crippen LogP contribution is 2.21. The lowest BCUT2D eigenvalue weighted by molar-refractivity contribution is 0.507. The largest absolute Gasteiger partial charge is 0.300 e. The Morgan fingerprint density at radius 1 is 1.21 bits per heavy atom. The van der Waals surface area contributed by atoms with Crippen LogP contribution in [0.4, 0.5) is 0 Å². The molecule has 2 rings (SSSR count). The van der Waals surface area contributed by atoms with Crippen molar-refractivity contribution in [2.45, 2.75) is 26.7 Å². The molecule has 0 radical (unpaired) electrons. The molecule has 0 aliphatic carbocycles. The van der Waals surface area contributed by atoms with E-state index in [4.69, 9.17) is 0 Å². The lowest BCUT2D eigenvalue weighted by Crippen LogP contribution is -2.08. The van der Waals surface area contributed by atoms with E-state index in [-0.39, 0.29) is 0 Å². The fraction of sp³-hybridized carbons (Fsp3) is 0.538. The molecule has 76 valence electrons. The Hall–Kier alpha value is -0.820. The van der Waals surface area contributed by atoms with Gasteiger partial charge in [0, 0.05) is 19.6 Å². The predicted octanol–water partition coefficient (Wildman–Crippen LogP) is 2.72. The zero-order chi connectivity index (χ0) is 10.1. The van der Waals surface area contributed by atoms with Crippen molar-refractivity contribution in [3.8, 4) is 0 Å². The van der Waals surface area contributed by atoms with Crippen molar-refractivity contribution in [2.75, 3.05) is 19.6 Å². The maximum atomic E-state index is 2.49. The van der Waals surface area contributed by atoms with Crippen molar-refractivity contribution in [3.05, 3.63) is 34.9 Å². The van der Waals surface area contributed by atoms with Crippen LogP contribution in [0.5, 0.6) is 0 Å². The van der Waals surface area contributed by atoms with Gasteiger partial charge in [-0.3, -0.25) is 0 Å². The van der Waals surface area contributed by atoms with E-state index in [0.717, 1.165) is 0 Å². The second-order valence-electron chi connectivity index (χ2n) is 4.55. The molecule has 0 N–H and O–H groups in total. The molecule has 1 atom stereocenters. The van der Waals surface area contributed by atoms with Gasteiger partial charge in [-0.15, -0.1) is 0 Å². The maximum absolute atomic E-state index is 2.49. The fourth-order valence-electron chi connectivity index (χ4n) is 1.82. The summed E-state index contributed by atoms with van der Waals surface area (Å²) in [5.41, 5.74) is 4.30. The first kappa shape index (κ1) is 9.72. The summed E-state index contributed by atoms with van der Waals surface area (Å²) in [4.78, 5) is 2.49. The van der Waals surface area contributed by atoms with Crippen LogP contribution in [0, 0.1) is 13.8 Å². The van der Waals surface area contributed by atoms with Crippen LogP contribution >= 0.6 is 0 Å². The van der Waals surface area contributed by atoms with E-state index in [9.17, 15) is 0 Å². The van der Waals surface area contributed by atoms with E-state index in [1.807, 2.05) is 0 Å². The van der Waals surface area contributed by atoms with Gasteiger partial charge in [-0.2, -0.15) is 0 Å². The molecular formula is C13H19N. The van der Waals surface area contributed by atoms with Crippen molar-refractivity contribution >= 4 is 0 Å². The minimum atomic E-state index is 0.678. The molecule has 1 unspecified atom stereocenters. The molecule has 1 fully saturated rings. The molecule has 1 saturated heterocycles. The molecule has 0 spiro atoms. The summed E-state index contributed by atoms with van der Waals surface area (Å²) < 4.78 is 0. The number of benzene rings is 1. The first-order valence-corrected chi connectivity index (χ1v) is 5.46. The van der Waals surface area contributed by atoms with E-state index in [1.54, 1.807) is 0 Å². The summed E-state index contributed by atoms with van der Waals surface area (Å²) in [5, 5.41) is 0. The van der Waals surface area contributed by atoms with Crippen molar-refractivity contribution in [1.82, 2.24) is 4.90 Å². The summed E-state index contributed by atoms with van der Waals surface area (Å²) in [5.74, 6) is 0.678. The maximum Gasteiger partial charge on any atom is 0.0110 e. The summed E-state index contributed by atoms with van der Waals surface area (Å²) in [6.07, 6.45) is 0. The molecule has 0 bridgehead atoms. The normalized spacial score (nSPS) is 18.2. The van der Waals surface area contributed by atoms with E-state index in [2.05, 4.69) is 43.9 Å². The minimum Gasteiger partial charge on any atom is -0.300 e. The highest BCUT2D eigenvalue weighted by atomic mass is 15.3. The molecule has 0 amide bonds. The third-order valence-corrected chi connectivity index (χ3v) is 3.17. The Kier molecular flexibility index (Phi) is 2.60. The molecular weight excluding hydrogens is 170 g/mol. The van der Waals surface area contributed by atoms with Crippen LogP contribution in [-0.4, -0.2) is 24.5 Å². The van der Waals surface area contributed by atoms with E-state index >= 15 is 0 Å². The van der Waals surface area contributed by atoms with Crippen molar-refractivity contribution in [3.63, 3.8) is 0 Å². The first-order valence-electron chi connectivity index (χ1n) is 5.46. The molecule has 1 aromatic carbocycles. The van der Waals surface area contributed by atoms with Crippen molar-refractivity contribution in [2.24, 2.45) is 0 Å². The van der Waals surface area contributed by atoms with Crippen molar-refractivity contribution in [1.29, 1.82) is 0 Å². The highest BCUT2D eigenvalue weighted by Gasteiger charge is 2.20. The summed E-state index contributed by atoms with van der Waals surface area (Å²) in [7, 11) is 0. The second-order valence-corrected chi connectivity index (χ2v) is 4.55. The van der Waals surface area contributed by atoms with E-state index in [1.165, 1.54) is 36.3 Å². The van der Waals surface area contributed by atoms with Gasteiger partial charge < -0.3 is 4.90 Å². The van der Waals surface area contributed by atoms with Crippen LogP contribution in [0.15, 0.2) is 18.2 Å². The SMILES string of the molecule is Cc1ccc(C(C)CN2CC2)cc1C. The molecule has 0 saturated carbocycles. The average Bonchev–Trinajstić information content (AvgIpc) is 2.93. The van der Waals surface area contributed by atoms with Crippen LogP contribution in [0.3, 0.4) is 0 Å². The van der Waals surface area contributed by atoms with Crippen LogP contribution in [0.1, 0.15) is 29.5 Å². The molecule has 1 heterocycles. The predicted molar refractivity (Wildman–Crippen MR) is 60.8 cm³/mol. The minimum absolute atomic E-state index is 0.678. The fourth-order valence-corrected chi connectivity index (χ4v) is 1.82. The molecule has 0 aromatic heterocycles. The Balaban J connectivity index is 2.10. The van der Waals surface area contributed by atoms with Gasteiger partial charge in [-0.05, 0) is 36.5 Å². The van der Waals surface area contributed by atoms with Gasteiger partial charge in [0.1, 0.15) is 0 Å². The third kappa shape index (κ3) is 2.16. The molecule has 1 aromatic rings. The summed E-state index contributed by atoms with van der Waals surface area (Å²) >= 11 is 0. The Morgan fingerprint density at radius 3 is 2.50 bits per heavy atom. The quantitative estimate of drug-likeness (QED) is 0.661. The number of hydrogen-bond donors (Lipinski definition) is 0. The lowest BCUT2D eigenvalue weighted by atomic mass is 9.97. The lowest BCUT2D eigenvalue weighted by Gasteiger charge is -2.13. The topological polar surface area (TPSA) is 3.01 Å². The van der Waals surface area contributed by atoms with Gasteiger partial charge in [-0.25, -0.2) is 0 Å². The van der Waals surface area contributed by atoms with Gasteiger partial charge in [0.05, 0.1) is 0 Å². The van der Waals surface area contributed by atoms with Gasteiger partial charge in [0.2, 0.25) is 0 Å². The molecule has 1 nitrogen and oxygen atoms in total. The standard InChI is InChI=1S/C13H19N/c1-10-4-5-13(8-11(10)2)12(3)9-14-6-7-14/h4-5,8,12H,6-7,9H2,1-3H3. The number of aryl methyl sites for hydroxylation is 2. The van der Waals surface area contributed by atoms with Gasteiger partial charge in [-0.1, -0.05) is 25.1 Å². The van der Waals surface area contributed by atoms with Crippen LogP contribution in [0.25, 0.3) is 0 Å². The number of hydrogen-bond acceptors (Lipinski definition) is 1. The van der Waals surface area contributed by atoms with Gasteiger partial charge in [0.25, 0.3) is 0 Å². The third-order valence-electron chi connectivity index (χ3n) is 3.17. The van der Waals surface area contributed by atoms with Crippen LogP contribution in [0.2, 0.25) is 0 Å².